The smallest absolute Gasteiger partial charge is 0.262 e. The second-order valence-corrected chi connectivity index (χ2v) is 4.74. The molecule has 1 fully saturated rings. The predicted molar refractivity (Wildman–Crippen MR) is 65.0 cm³/mol. The van der Waals surface area contributed by atoms with E-state index >= 15 is 0 Å². The van der Waals surface area contributed by atoms with Crippen molar-refractivity contribution < 1.29 is 9.53 Å². The molecule has 2 N–H and O–H groups in total. The van der Waals surface area contributed by atoms with Crippen molar-refractivity contribution in [3.05, 3.63) is 23.8 Å². The van der Waals surface area contributed by atoms with E-state index in [0.29, 0.717) is 0 Å². The molecule has 1 aromatic rings. The highest BCUT2D eigenvalue weighted by Gasteiger charge is 2.20. The normalized spacial score (nSPS) is 18.2. The van der Waals surface area contributed by atoms with Crippen molar-refractivity contribution >= 4 is 11.6 Å². The van der Waals surface area contributed by atoms with E-state index in [4.69, 9.17) is 4.74 Å². The van der Waals surface area contributed by atoms with Crippen LogP contribution >= 0.6 is 0 Å². The van der Waals surface area contributed by atoms with Crippen LogP contribution in [0.25, 0.3) is 0 Å². The fourth-order valence-corrected chi connectivity index (χ4v) is 1.98. The molecule has 90 valence electrons. The van der Waals surface area contributed by atoms with E-state index in [1.807, 2.05) is 18.2 Å². The first-order chi connectivity index (χ1) is 8.31. The molecule has 0 saturated heterocycles. The van der Waals surface area contributed by atoms with Gasteiger partial charge in [0.05, 0.1) is 5.69 Å². The Hall–Kier alpha value is -1.55. The second-order valence-electron chi connectivity index (χ2n) is 4.74. The zero-order valence-electron chi connectivity index (χ0n) is 9.66. The van der Waals surface area contributed by atoms with E-state index in [-0.39, 0.29) is 12.5 Å². The van der Waals surface area contributed by atoms with Gasteiger partial charge in [0, 0.05) is 6.54 Å². The number of fused-ring (bicyclic) bond motifs is 1. The molecule has 1 aliphatic carbocycles. The maximum atomic E-state index is 11.2. The lowest BCUT2D eigenvalue weighted by atomic mass is 10.1. The Morgan fingerprint density at radius 1 is 1.41 bits per heavy atom. The van der Waals surface area contributed by atoms with E-state index in [1.165, 1.54) is 18.4 Å². The molecule has 1 heterocycles. The van der Waals surface area contributed by atoms with Gasteiger partial charge in [-0.2, -0.15) is 0 Å². The quantitative estimate of drug-likeness (QED) is 0.827. The average molecular weight is 232 g/mol. The molecule has 3 rings (SSSR count). The van der Waals surface area contributed by atoms with Crippen molar-refractivity contribution in [1.82, 2.24) is 5.32 Å². The Morgan fingerprint density at radius 2 is 2.29 bits per heavy atom. The summed E-state index contributed by atoms with van der Waals surface area (Å²) >= 11 is 0. The molecule has 4 heteroatoms. The molecule has 1 saturated carbocycles. The third-order valence-electron chi connectivity index (χ3n) is 3.14. The first-order valence-corrected chi connectivity index (χ1v) is 6.07. The number of rotatable bonds is 4. The van der Waals surface area contributed by atoms with E-state index in [2.05, 4.69) is 10.6 Å². The minimum atomic E-state index is -0.0828. The van der Waals surface area contributed by atoms with Gasteiger partial charge >= 0.3 is 0 Å². The second kappa shape index (κ2) is 4.37. The Balaban J connectivity index is 1.64. The van der Waals surface area contributed by atoms with E-state index in [9.17, 15) is 4.79 Å². The molecular formula is C13H16N2O2. The SMILES string of the molecule is O=C1COc2ccc(CNCC3CC3)cc2N1. The minimum absolute atomic E-state index is 0.0828. The topological polar surface area (TPSA) is 50.4 Å². The fraction of sp³-hybridized carbons (Fsp3) is 0.462. The van der Waals surface area contributed by atoms with Crippen molar-refractivity contribution in [1.29, 1.82) is 0 Å². The monoisotopic (exact) mass is 232 g/mol. The number of anilines is 1. The highest BCUT2D eigenvalue weighted by molar-refractivity contribution is 5.95. The van der Waals surface area contributed by atoms with Gasteiger partial charge in [0.1, 0.15) is 5.75 Å². The van der Waals surface area contributed by atoms with Gasteiger partial charge in [0.2, 0.25) is 0 Å². The van der Waals surface area contributed by atoms with Gasteiger partial charge < -0.3 is 15.4 Å². The van der Waals surface area contributed by atoms with Gasteiger partial charge in [-0.1, -0.05) is 6.07 Å². The van der Waals surface area contributed by atoms with Gasteiger partial charge in [0.25, 0.3) is 5.91 Å². The standard InChI is InChI=1S/C13H16N2O2/c16-13-8-17-12-4-3-10(5-11(12)15-13)7-14-6-9-1-2-9/h3-5,9,14H,1-2,6-8H2,(H,15,16). The molecule has 1 aromatic carbocycles. The third-order valence-corrected chi connectivity index (χ3v) is 3.14. The third kappa shape index (κ3) is 2.58. The minimum Gasteiger partial charge on any atom is -0.482 e. The van der Waals surface area contributed by atoms with Gasteiger partial charge in [-0.3, -0.25) is 4.79 Å². The van der Waals surface area contributed by atoms with Crippen LogP contribution in [0, 0.1) is 5.92 Å². The molecule has 4 nitrogen and oxygen atoms in total. The molecule has 0 radical (unpaired) electrons. The zero-order valence-corrected chi connectivity index (χ0v) is 9.66. The van der Waals surface area contributed by atoms with Crippen molar-refractivity contribution in [2.24, 2.45) is 5.92 Å². The molecule has 0 bridgehead atoms. The number of ether oxygens (including phenoxy) is 1. The average Bonchev–Trinajstić information content (AvgIpc) is 3.12. The lowest BCUT2D eigenvalue weighted by Crippen LogP contribution is -2.25. The summed E-state index contributed by atoms with van der Waals surface area (Å²) in [7, 11) is 0. The number of nitrogens with one attached hydrogen (secondary N) is 2. The van der Waals surface area contributed by atoms with Crippen LogP contribution in [0.3, 0.4) is 0 Å². The molecule has 17 heavy (non-hydrogen) atoms. The largest absolute Gasteiger partial charge is 0.482 e. The van der Waals surface area contributed by atoms with Crippen LogP contribution in [0.4, 0.5) is 5.69 Å². The summed E-state index contributed by atoms with van der Waals surface area (Å²) in [5.41, 5.74) is 1.96. The first-order valence-electron chi connectivity index (χ1n) is 6.07. The van der Waals surface area contributed by atoms with Crippen LogP contribution in [0.5, 0.6) is 5.75 Å². The van der Waals surface area contributed by atoms with Crippen LogP contribution in [0.2, 0.25) is 0 Å². The summed E-state index contributed by atoms with van der Waals surface area (Å²) in [6.07, 6.45) is 2.72. The van der Waals surface area contributed by atoms with Gasteiger partial charge in [-0.05, 0) is 43.0 Å². The number of carbonyl (C=O) groups excluding carboxylic acids is 1. The molecule has 1 aliphatic heterocycles. The molecule has 0 unspecified atom stereocenters. The van der Waals surface area contributed by atoms with E-state index in [0.717, 1.165) is 30.4 Å². The molecule has 0 spiro atoms. The molecular weight excluding hydrogens is 216 g/mol. The van der Waals surface area contributed by atoms with Crippen LogP contribution in [0.15, 0.2) is 18.2 Å². The summed E-state index contributed by atoms with van der Waals surface area (Å²) in [5.74, 6) is 1.56. The maximum Gasteiger partial charge on any atom is 0.262 e. The van der Waals surface area contributed by atoms with Crippen LogP contribution < -0.4 is 15.4 Å². The van der Waals surface area contributed by atoms with Crippen molar-refractivity contribution in [2.75, 3.05) is 18.5 Å². The van der Waals surface area contributed by atoms with Gasteiger partial charge in [-0.15, -0.1) is 0 Å². The van der Waals surface area contributed by atoms with Crippen molar-refractivity contribution in [2.45, 2.75) is 19.4 Å². The Morgan fingerprint density at radius 3 is 3.12 bits per heavy atom. The van der Waals surface area contributed by atoms with Gasteiger partial charge in [0.15, 0.2) is 6.61 Å². The van der Waals surface area contributed by atoms with Crippen LogP contribution in [0.1, 0.15) is 18.4 Å². The highest BCUT2D eigenvalue weighted by atomic mass is 16.5. The predicted octanol–water partition coefficient (Wildman–Crippen LogP) is 1.52. The maximum absolute atomic E-state index is 11.2. The summed E-state index contributed by atoms with van der Waals surface area (Å²) in [6.45, 7) is 2.06. The van der Waals surface area contributed by atoms with E-state index < -0.39 is 0 Å². The number of hydrogen-bond acceptors (Lipinski definition) is 3. The Bertz CT molecular complexity index is 441. The van der Waals surface area contributed by atoms with E-state index in [1.54, 1.807) is 0 Å². The Labute approximate surface area is 100 Å². The zero-order chi connectivity index (χ0) is 11.7. The van der Waals surface area contributed by atoms with Crippen LogP contribution in [-0.2, 0) is 11.3 Å². The number of hydrogen-bond donors (Lipinski definition) is 2. The lowest BCUT2D eigenvalue weighted by molar-refractivity contribution is -0.118. The summed E-state index contributed by atoms with van der Waals surface area (Å²) in [5, 5.41) is 6.25. The molecule has 0 aromatic heterocycles. The number of carbonyl (C=O) groups is 1. The summed E-state index contributed by atoms with van der Waals surface area (Å²) in [4.78, 5) is 11.2. The summed E-state index contributed by atoms with van der Waals surface area (Å²) in [6, 6.07) is 5.94. The Kier molecular flexibility index (Phi) is 2.73. The van der Waals surface area contributed by atoms with Gasteiger partial charge in [-0.25, -0.2) is 0 Å². The van der Waals surface area contributed by atoms with Crippen molar-refractivity contribution in [3.8, 4) is 5.75 Å². The lowest BCUT2D eigenvalue weighted by Gasteiger charge is -2.18. The molecule has 0 atom stereocenters. The van der Waals surface area contributed by atoms with Crippen LogP contribution in [-0.4, -0.2) is 19.1 Å². The summed E-state index contributed by atoms with van der Waals surface area (Å²) < 4.78 is 5.31. The first kappa shape index (κ1) is 10.6. The fourth-order valence-electron chi connectivity index (χ4n) is 1.98. The highest BCUT2D eigenvalue weighted by Crippen LogP contribution is 2.29. The van der Waals surface area contributed by atoms with Crippen molar-refractivity contribution in [3.63, 3.8) is 0 Å². The molecule has 2 aliphatic rings. The number of amides is 1. The number of benzene rings is 1. The molecule has 1 amide bonds.